The van der Waals surface area contributed by atoms with E-state index in [0.717, 1.165) is 23.0 Å². The summed E-state index contributed by atoms with van der Waals surface area (Å²) >= 11 is 6.40. The monoisotopic (exact) mass is 412 g/mol. The van der Waals surface area contributed by atoms with E-state index < -0.39 is 5.76 Å². The van der Waals surface area contributed by atoms with Crippen molar-refractivity contribution in [1.82, 2.24) is 19.7 Å². The fourth-order valence-electron chi connectivity index (χ4n) is 3.44. The van der Waals surface area contributed by atoms with Crippen molar-refractivity contribution in [2.45, 2.75) is 32.7 Å². The van der Waals surface area contributed by atoms with Gasteiger partial charge < -0.3 is 9.30 Å². The average molecular weight is 413 g/mol. The van der Waals surface area contributed by atoms with Gasteiger partial charge in [-0.05, 0) is 42.7 Å². The molecular weight excluding hydrogens is 392 g/mol. The van der Waals surface area contributed by atoms with Crippen LogP contribution in [0.5, 0.6) is 5.75 Å². The summed E-state index contributed by atoms with van der Waals surface area (Å²) in [6.45, 7) is 4.93. The predicted molar refractivity (Wildman–Crippen MR) is 112 cm³/mol. The summed E-state index contributed by atoms with van der Waals surface area (Å²) in [5.74, 6) is 0.722. The molecule has 0 saturated carbocycles. The third kappa shape index (κ3) is 3.65. The van der Waals surface area contributed by atoms with Crippen LogP contribution in [0, 0.1) is 0 Å². The Morgan fingerprint density at radius 3 is 2.83 bits per heavy atom. The zero-order valence-corrected chi connectivity index (χ0v) is 17.2. The molecule has 1 aromatic carbocycles. The number of hydrogen-bond donors (Lipinski definition) is 1. The van der Waals surface area contributed by atoms with Crippen molar-refractivity contribution < 1.29 is 9.26 Å². The maximum absolute atomic E-state index is 11.2. The van der Waals surface area contributed by atoms with E-state index in [4.69, 9.17) is 16.3 Å². The van der Waals surface area contributed by atoms with E-state index in [1.807, 2.05) is 24.3 Å². The average Bonchev–Trinajstić information content (AvgIpc) is 3.31. The highest BCUT2D eigenvalue weighted by atomic mass is 35.5. The van der Waals surface area contributed by atoms with Crippen molar-refractivity contribution in [2.24, 2.45) is 0 Å². The zero-order valence-electron chi connectivity index (χ0n) is 16.4. The molecule has 0 amide bonds. The van der Waals surface area contributed by atoms with E-state index in [9.17, 15) is 4.79 Å². The van der Waals surface area contributed by atoms with Crippen molar-refractivity contribution in [3.05, 3.63) is 63.4 Å². The Morgan fingerprint density at radius 2 is 2.14 bits per heavy atom. The quantitative estimate of drug-likeness (QED) is 0.500. The maximum atomic E-state index is 11.2. The van der Waals surface area contributed by atoms with Gasteiger partial charge in [0.25, 0.3) is 0 Å². The van der Waals surface area contributed by atoms with Gasteiger partial charge >= 0.3 is 5.76 Å². The number of aromatic amines is 1. The van der Waals surface area contributed by atoms with Gasteiger partial charge in [-0.15, -0.1) is 0 Å². The van der Waals surface area contributed by atoms with Crippen LogP contribution in [0.2, 0.25) is 5.02 Å². The first-order valence-corrected chi connectivity index (χ1v) is 9.77. The molecular formula is C21H21ClN4O3. The fourth-order valence-corrected chi connectivity index (χ4v) is 3.67. The van der Waals surface area contributed by atoms with Gasteiger partial charge in [0.1, 0.15) is 11.4 Å². The summed E-state index contributed by atoms with van der Waals surface area (Å²) in [5, 5.41) is 5.35. The molecule has 0 aliphatic rings. The molecule has 0 bridgehead atoms. The second-order valence-electron chi connectivity index (χ2n) is 6.97. The molecule has 0 spiro atoms. The SMILES string of the molecule is CCC(C)c1cc2cc(OC)c(Cl)cc2n1Cc1cccc(-c2noc(=O)[nH]2)n1. The highest BCUT2D eigenvalue weighted by molar-refractivity contribution is 6.32. The minimum absolute atomic E-state index is 0.309. The van der Waals surface area contributed by atoms with Gasteiger partial charge in [0, 0.05) is 11.1 Å². The van der Waals surface area contributed by atoms with Gasteiger partial charge in [0.2, 0.25) is 5.82 Å². The first-order valence-electron chi connectivity index (χ1n) is 9.39. The van der Waals surface area contributed by atoms with E-state index in [1.165, 1.54) is 5.69 Å². The van der Waals surface area contributed by atoms with Crippen molar-refractivity contribution in [2.75, 3.05) is 7.11 Å². The van der Waals surface area contributed by atoms with Crippen LogP contribution in [0.25, 0.3) is 22.4 Å². The van der Waals surface area contributed by atoms with Crippen LogP contribution in [0.4, 0.5) is 0 Å². The summed E-state index contributed by atoms with van der Waals surface area (Å²) < 4.78 is 12.2. The molecule has 1 unspecified atom stereocenters. The van der Waals surface area contributed by atoms with Crippen LogP contribution in [0.3, 0.4) is 0 Å². The van der Waals surface area contributed by atoms with E-state index >= 15 is 0 Å². The molecule has 3 aromatic heterocycles. The smallest absolute Gasteiger partial charge is 0.439 e. The number of methoxy groups -OCH3 is 1. The van der Waals surface area contributed by atoms with Crippen LogP contribution < -0.4 is 10.5 Å². The van der Waals surface area contributed by atoms with Crippen molar-refractivity contribution in [1.29, 1.82) is 0 Å². The highest BCUT2D eigenvalue weighted by Crippen LogP contribution is 2.34. The number of hydrogen-bond acceptors (Lipinski definition) is 5. The Bertz CT molecular complexity index is 1220. The van der Waals surface area contributed by atoms with Crippen LogP contribution in [0.1, 0.15) is 37.6 Å². The second kappa shape index (κ2) is 7.75. The third-order valence-corrected chi connectivity index (χ3v) is 5.43. The lowest BCUT2D eigenvalue weighted by atomic mass is 10.0. The molecule has 3 heterocycles. The Balaban J connectivity index is 1.81. The Hall–Kier alpha value is -3.06. The van der Waals surface area contributed by atoms with E-state index in [-0.39, 0.29) is 0 Å². The molecule has 4 aromatic rings. The van der Waals surface area contributed by atoms with Crippen molar-refractivity contribution in [3.8, 4) is 17.3 Å². The fraction of sp³-hybridized carbons (Fsp3) is 0.286. The number of benzene rings is 1. The van der Waals surface area contributed by atoms with Crippen LogP contribution >= 0.6 is 11.6 Å². The van der Waals surface area contributed by atoms with Crippen molar-refractivity contribution >= 4 is 22.5 Å². The number of H-pyrrole nitrogens is 1. The molecule has 0 aliphatic carbocycles. The largest absolute Gasteiger partial charge is 0.495 e. The zero-order chi connectivity index (χ0) is 20.5. The number of ether oxygens (including phenoxy) is 1. The normalized spacial score (nSPS) is 12.4. The lowest BCUT2D eigenvalue weighted by Crippen LogP contribution is -2.08. The van der Waals surface area contributed by atoms with Crippen LogP contribution in [-0.2, 0) is 6.54 Å². The molecule has 4 rings (SSSR count). The van der Waals surface area contributed by atoms with Gasteiger partial charge in [0.15, 0.2) is 0 Å². The number of nitrogens with zero attached hydrogens (tertiary/aromatic N) is 3. The number of fused-ring (bicyclic) bond motifs is 1. The van der Waals surface area contributed by atoms with Crippen LogP contribution in [-0.4, -0.2) is 26.8 Å². The molecule has 7 nitrogen and oxygen atoms in total. The first kappa shape index (κ1) is 19.3. The summed E-state index contributed by atoms with van der Waals surface area (Å²) in [6, 6.07) is 11.7. The third-order valence-electron chi connectivity index (χ3n) is 5.13. The Morgan fingerprint density at radius 1 is 1.31 bits per heavy atom. The molecule has 29 heavy (non-hydrogen) atoms. The summed E-state index contributed by atoms with van der Waals surface area (Å²) in [4.78, 5) is 18.4. The number of nitrogens with one attached hydrogen (secondary N) is 1. The van der Waals surface area contributed by atoms with Crippen molar-refractivity contribution in [3.63, 3.8) is 0 Å². The molecule has 0 fully saturated rings. The lowest BCUT2D eigenvalue weighted by Gasteiger charge is -2.15. The van der Waals surface area contributed by atoms with E-state index in [2.05, 4.69) is 44.1 Å². The summed E-state index contributed by atoms with van der Waals surface area (Å²) in [5.41, 5.74) is 3.61. The Labute approximate surface area is 172 Å². The first-order chi connectivity index (χ1) is 14.0. The molecule has 8 heteroatoms. The molecule has 150 valence electrons. The van der Waals surface area contributed by atoms with Gasteiger partial charge in [-0.3, -0.25) is 9.51 Å². The van der Waals surface area contributed by atoms with Gasteiger partial charge in [-0.1, -0.05) is 36.7 Å². The number of rotatable bonds is 6. The molecule has 0 saturated heterocycles. The molecule has 0 aliphatic heterocycles. The number of halogens is 1. The Kier molecular flexibility index (Phi) is 5.15. The predicted octanol–water partition coefficient (Wildman–Crippen LogP) is 4.60. The number of pyridine rings is 1. The van der Waals surface area contributed by atoms with E-state index in [1.54, 1.807) is 13.2 Å². The standard InChI is InChI=1S/C21H21ClN4O3/c1-4-12(2)17-8-13-9-19(28-3)15(22)10-18(13)26(17)11-14-6-5-7-16(23-14)20-24-21(27)29-25-20/h5-10,12H,4,11H2,1-3H3,(H,24,25,27). The minimum Gasteiger partial charge on any atom is -0.495 e. The summed E-state index contributed by atoms with van der Waals surface area (Å²) in [7, 11) is 1.61. The van der Waals surface area contributed by atoms with Gasteiger partial charge in [0.05, 0.1) is 29.9 Å². The minimum atomic E-state index is -0.605. The second-order valence-corrected chi connectivity index (χ2v) is 7.38. The lowest BCUT2D eigenvalue weighted by molar-refractivity contribution is 0.387. The molecule has 1 N–H and O–H groups in total. The highest BCUT2D eigenvalue weighted by Gasteiger charge is 2.17. The van der Waals surface area contributed by atoms with Gasteiger partial charge in [-0.2, -0.15) is 0 Å². The molecule has 0 radical (unpaired) electrons. The van der Waals surface area contributed by atoms with E-state index in [0.29, 0.717) is 34.8 Å². The molecule has 1 atom stereocenters. The van der Waals surface area contributed by atoms with Gasteiger partial charge in [-0.25, -0.2) is 9.78 Å². The van der Waals surface area contributed by atoms with Crippen LogP contribution in [0.15, 0.2) is 45.7 Å². The number of aromatic nitrogens is 4. The maximum Gasteiger partial charge on any atom is 0.439 e. The topological polar surface area (TPSA) is 85.9 Å². The summed E-state index contributed by atoms with van der Waals surface area (Å²) in [6.07, 6.45) is 1.01.